The Balaban J connectivity index is 1.96. The topological polar surface area (TPSA) is 46.2 Å². The lowest BCUT2D eigenvalue weighted by atomic mass is 10.2. The van der Waals surface area contributed by atoms with E-state index in [1.54, 1.807) is 7.11 Å². The van der Waals surface area contributed by atoms with Crippen molar-refractivity contribution >= 4 is 11.6 Å². The molecule has 1 aromatic rings. The fourth-order valence-electron chi connectivity index (χ4n) is 2.43. The molecule has 0 radical (unpaired) electrons. The summed E-state index contributed by atoms with van der Waals surface area (Å²) in [5.74, 6) is 1.87. The number of nitrogens with zero attached hydrogens (tertiary/aromatic N) is 1. The lowest BCUT2D eigenvalue weighted by molar-refractivity contribution is 0.101. The first-order chi connectivity index (χ1) is 8.83. The third-order valence-electron chi connectivity index (χ3n) is 3.39. The van der Waals surface area contributed by atoms with Crippen molar-refractivity contribution in [2.45, 2.75) is 44.8 Å². The van der Waals surface area contributed by atoms with Gasteiger partial charge in [-0.2, -0.15) is 0 Å². The molecule has 0 amide bonds. The van der Waals surface area contributed by atoms with Crippen LogP contribution >= 0.6 is 0 Å². The fourth-order valence-corrected chi connectivity index (χ4v) is 2.43. The van der Waals surface area contributed by atoms with E-state index in [2.05, 4.69) is 22.5 Å². The number of methoxy groups -OCH3 is 1. The summed E-state index contributed by atoms with van der Waals surface area (Å²) in [6, 6.07) is 6.44. The maximum atomic E-state index is 5.49. The van der Waals surface area contributed by atoms with Gasteiger partial charge in [0.2, 0.25) is 0 Å². The van der Waals surface area contributed by atoms with E-state index in [-0.39, 0.29) is 0 Å². The van der Waals surface area contributed by atoms with Gasteiger partial charge in [-0.05, 0) is 37.8 Å². The van der Waals surface area contributed by atoms with Gasteiger partial charge in [0.25, 0.3) is 0 Å². The van der Waals surface area contributed by atoms with Crippen LogP contribution in [0, 0.1) is 0 Å². The molecule has 1 aliphatic rings. The van der Waals surface area contributed by atoms with Gasteiger partial charge in [-0.3, -0.25) is 0 Å². The van der Waals surface area contributed by atoms with Crippen molar-refractivity contribution < 1.29 is 4.74 Å². The van der Waals surface area contributed by atoms with Crippen LogP contribution in [0.25, 0.3) is 0 Å². The molecule has 1 fully saturated rings. The number of nitrogens with one attached hydrogen (secondary N) is 2. The molecule has 2 unspecified atom stereocenters. The molecule has 18 heavy (non-hydrogen) atoms. The zero-order valence-corrected chi connectivity index (χ0v) is 11.3. The first kappa shape index (κ1) is 13.1. The van der Waals surface area contributed by atoms with Crippen molar-refractivity contribution in [1.82, 2.24) is 4.98 Å². The second-order valence-electron chi connectivity index (χ2n) is 4.79. The Labute approximate surface area is 109 Å². The van der Waals surface area contributed by atoms with Gasteiger partial charge in [-0.1, -0.05) is 13.0 Å². The molecule has 0 spiro atoms. The molecule has 0 saturated heterocycles. The number of pyridine rings is 1. The van der Waals surface area contributed by atoms with Gasteiger partial charge in [0, 0.05) is 13.7 Å². The van der Waals surface area contributed by atoms with E-state index >= 15 is 0 Å². The Morgan fingerprint density at radius 3 is 2.94 bits per heavy atom. The van der Waals surface area contributed by atoms with Crippen molar-refractivity contribution in [3.05, 3.63) is 18.2 Å². The molecule has 4 heteroatoms. The Bertz CT molecular complexity index is 370. The van der Waals surface area contributed by atoms with E-state index in [0.29, 0.717) is 12.1 Å². The summed E-state index contributed by atoms with van der Waals surface area (Å²) < 4.78 is 5.49. The van der Waals surface area contributed by atoms with Crippen molar-refractivity contribution in [2.24, 2.45) is 0 Å². The number of aromatic nitrogens is 1. The van der Waals surface area contributed by atoms with Crippen molar-refractivity contribution in [2.75, 3.05) is 24.3 Å². The fraction of sp³-hybridized carbons (Fsp3) is 0.643. The van der Waals surface area contributed by atoms with Gasteiger partial charge in [0.1, 0.15) is 11.6 Å². The summed E-state index contributed by atoms with van der Waals surface area (Å²) in [7, 11) is 1.79. The monoisotopic (exact) mass is 249 g/mol. The molecule has 0 aliphatic heterocycles. The van der Waals surface area contributed by atoms with Crippen LogP contribution in [-0.4, -0.2) is 30.8 Å². The molecular weight excluding hydrogens is 226 g/mol. The van der Waals surface area contributed by atoms with Gasteiger partial charge in [-0.15, -0.1) is 0 Å². The molecule has 1 saturated carbocycles. The van der Waals surface area contributed by atoms with E-state index < -0.39 is 0 Å². The van der Waals surface area contributed by atoms with Crippen LogP contribution in [0.2, 0.25) is 0 Å². The SMILES string of the molecule is CCCNc1cccc(NC2CCCC2OC)n1. The van der Waals surface area contributed by atoms with Crippen LogP contribution < -0.4 is 10.6 Å². The second-order valence-corrected chi connectivity index (χ2v) is 4.79. The molecule has 0 aromatic carbocycles. The summed E-state index contributed by atoms with van der Waals surface area (Å²) in [6.07, 6.45) is 4.95. The number of anilines is 2. The smallest absolute Gasteiger partial charge is 0.128 e. The van der Waals surface area contributed by atoms with E-state index in [4.69, 9.17) is 4.74 Å². The molecule has 2 rings (SSSR count). The summed E-state index contributed by atoms with van der Waals surface area (Å²) in [4.78, 5) is 4.56. The van der Waals surface area contributed by atoms with Gasteiger partial charge in [0.05, 0.1) is 12.1 Å². The molecule has 1 heterocycles. The summed E-state index contributed by atoms with van der Waals surface area (Å²) in [6.45, 7) is 3.11. The van der Waals surface area contributed by atoms with E-state index in [0.717, 1.165) is 37.4 Å². The molecular formula is C14H23N3O. The highest BCUT2D eigenvalue weighted by Gasteiger charge is 2.27. The molecule has 4 nitrogen and oxygen atoms in total. The Morgan fingerprint density at radius 1 is 1.33 bits per heavy atom. The Morgan fingerprint density at radius 2 is 2.17 bits per heavy atom. The molecule has 2 atom stereocenters. The predicted molar refractivity (Wildman–Crippen MR) is 75.1 cm³/mol. The normalized spacial score (nSPS) is 23.0. The van der Waals surface area contributed by atoms with Crippen LogP contribution in [0.4, 0.5) is 11.6 Å². The molecule has 0 bridgehead atoms. The van der Waals surface area contributed by atoms with E-state index in [9.17, 15) is 0 Å². The van der Waals surface area contributed by atoms with Crippen molar-refractivity contribution in [3.8, 4) is 0 Å². The maximum Gasteiger partial charge on any atom is 0.128 e. The van der Waals surface area contributed by atoms with Crippen LogP contribution in [0.5, 0.6) is 0 Å². The second kappa shape index (κ2) is 6.59. The van der Waals surface area contributed by atoms with Crippen molar-refractivity contribution in [1.29, 1.82) is 0 Å². The van der Waals surface area contributed by atoms with Crippen LogP contribution in [0.15, 0.2) is 18.2 Å². The summed E-state index contributed by atoms with van der Waals surface area (Å²) >= 11 is 0. The highest BCUT2D eigenvalue weighted by Crippen LogP contribution is 2.24. The third-order valence-corrected chi connectivity index (χ3v) is 3.39. The Kier molecular flexibility index (Phi) is 4.81. The molecule has 1 aromatic heterocycles. The third kappa shape index (κ3) is 3.35. The average molecular weight is 249 g/mol. The van der Waals surface area contributed by atoms with Crippen LogP contribution in [0.1, 0.15) is 32.6 Å². The standard InChI is InChI=1S/C14H23N3O/c1-3-10-15-13-8-5-9-14(17-13)16-11-6-4-7-12(11)18-2/h5,8-9,11-12H,3-4,6-7,10H2,1-2H3,(H2,15,16,17). The summed E-state index contributed by atoms with van der Waals surface area (Å²) in [5, 5.41) is 6.79. The summed E-state index contributed by atoms with van der Waals surface area (Å²) in [5.41, 5.74) is 0. The predicted octanol–water partition coefficient (Wildman–Crippen LogP) is 2.88. The number of hydrogen-bond acceptors (Lipinski definition) is 4. The highest BCUT2D eigenvalue weighted by atomic mass is 16.5. The van der Waals surface area contributed by atoms with E-state index in [1.165, 1.54) is 6.42 Å². The minimum atomic E-state index is 0.319. The van der Waals surface area contributed by atoms with Crippen LogP contribution in [-0.2, 0) is 4.74 Å². The maximum absolute atomic E-state index is 5.49. The molecule has 2 N–H and O–H groups in total. The molecule has 1 aliphatic carbocycles. The van der Waals surface area contributed by atoms with Gasteiger partial charge < -0.3 is 15.4 Å². The van der Waals surface area contributed by atoms with Crippen LogP contribution in [0.3, 0.4) is 0 Å². The zero-order chi connectivity index (χ0) is 12.8. The minimum Gasteiger partial charge on any atom is -0.379 e. The zero-order valence-electron chi connectivity index (χ0n) is 11.3. The minimum absolute atomic E-state index is 0.319. The number of hydrogen-bond donors (Lipinski definition) is 2. The first-order valence-corrected chi connectivity index (χ1v) is 6.83. The van der Waals surface area contributed by atoms with Gasteiger partial charge >= 0.3 is 0 Å². The van der Waals surface area contributed by atoms with Gasteiger partial charge in [0.15, 0.2) is 0 Å². The highest BCUT2D eigenvalue weighted by molar-refractivity contribution is 5.45. The van der Waals surface area contributed by atoms with E-state index in [1.807, 2.05) is 18.2 Å². The van der Waals surface area contributed by atoms with Crippen molar-refractivity contribution in [3.63, 3.8) is 0 Å². The lowest BCUT2D eigenvalue weighted by Gasteiger charge is -2.20. The largest absolute Gasteiger partial charge is 0.379 e. The number of rotatable bonds is 6. The average Bonchev–Trinajstić information content (AvgIpc) is 2.84. The number of ether oxygens (including phenoxy) is 1. The van der Waals surface area contributed by atoms with Gasteiger partial charge in [-0.25, -0.2) is 4.98 Å². The lowest BCUT2D eigenvalue weighted by Crippen LogP contribution is -2.30. The Hall–Kier alpha value is -1.29. The molecule has 100 valence electrons. The quantitative estimate of drug-likeness (QED) is 0.814. The first-order valence-electron chi connectivity index (χ1n) is 6.83.